The number of hydrogen-bond donors (Lipinski definition) is 3. The number of hydrogen-bond acceptors (Lipinski definition) is 6. The summed E-state index contributed by atoms with van der Waals surface area (Å²) in [5.41, 5.74) is 8.06. The van der Waals surface area contributed by atoms with Crippen molar-refractivity contribution in [3.63, 3.8) is 0 Å². The Hall–Kier alpha value is -3.52. The van der Waals surface area contributed by atoms with Crippen molar-refractivity contribution >= 4 is 44.7 Å². The van der Waals surface area contributed by atoms with Crippen LogP contribution in [0.5, 0.6) is 0 Å². The average molecular weight is 395 g/mol. The molecule has 142 valence electrons. The number of aromatic nitrogens is 2. The van der Waals surface area contributed by atoms with Crippen molar-refractivity contribution < 1.29 is 9.18 Å². The quantitative estimate of drug-likeness (QED) is 0.536. The molecule has 3 aromatic rings. The number of benzene rings is 1. The first-order chi connectivity index (χ1) is 13.4. The first kappa shape index (κ1) is 19.2. The van der Waals surface area contributed by atoms with E-state index in [-0.39, 0.29) is 17.4 Å². The SMILES string of the molecule is C=C/C=C\C(=C)NC(=O)c1sc2ncnc(Nc3ccc(F)c(C)c3)c2c1N. The Kier molecular flexibility index (Phi) is 5.51. The van der Waals surface area contributed by atoms with Crippen LogP contribution in [0.15, 0.2) is 61.6 Å². The van der Waals surface area contributed by atoms with Gasteiger partial charge in [-0.2, -0.15) is 0 Å². The highest BCUT2D eigenvalue weighted by Crippen LogP contribution is 2.37. The van der Waals surface area contributed by atoms with Crippen LogP contribution >= 0.6 is 11.3 Å². The normalized spacial score (nSPS) is 10.9. The molecule has 2 aromatic heterocycles. The van der Waals surface area contributed by atoms with Crippen molar-refractivity contribution in [1.82, 2.24) is 15.3 Å². The number of nitrogen functional groups attached to an aromatic ring is 1. The van der Waals surface area contributed by atoms with Crippen LogP contribution in [0.3, 0.4) is 0 Å². The van der Waals surface area contributed by atoms with Crippen LogP contribution in [0.1, 0.15) is 15.2 Å². The maximum atomic E-state index is 13.5. The molecule has 0 atom stereocenters. The standard InChI is InChI=1S/C20H18FN5OS/c1-4-5-6-12(3)25-19(27)17-16(22)15-18(23-10-24-20(15)28-17)26-13-7-8-14(21)11(2)9-13/h4-10H,1,3,22H2,2H3,(H,25,27)(H,23,24,26)/b6-5-. The number of fused-ring (bicyclic) bond motifs is 1. The van der Waals surface area contributed by atoms with Crippen molar-refractivity contribution in [1.29, 1.82) is 0 Å². The summed E-state index contributed by atoms with van der Waals surface area (Å²) in [6, 6.07) is 4.63. The number of carbonyl (C=O) groups is 1. The van der Waals surface area contributed by atoms with E-state index in [1.54, 1.807) is 37.3 Å². The zero-order chi connectivity index (χ0) is 20.3. The summed E-state index contributed by atoms with van der Waals surface area (Å²) in [6.07, 6.45) is 6.24. The van der Waals surface area contributed by atoms with Gasteiger partial charge in [-0.15, -0.1) is 11.3 Å². The molecule has 28 heavy (non-hydrogen) atoms. The number of thiophene rings is 1. The largest absolute Gasteiger partial charge is 0.397 e. The first-order valence-electron chi connectivity index (χ1n) is 8.26. The topological polar surface area (TPSA) is 92.9 Å². The predicted octanol–water partition coefficient (Wildman–Crippen LogP) is 4.45. The molecule has 0 bridgehead atoms. The highest BCUT2D eigenvalue weighted by molar-refractivity contribution is 7.21. The molecule has 0 unspecified atom stereocenters. The highest BCUT2D eigenvalue weighted by Gasteiger charge is 2.20. The van der Waals surface area contributed by atoms with Gasteiger partial charge in [0.2, 0.25) is 0 Å². The molecule has 0 fully saturated rings. The molecule has 0 saturated heterocycles. The molecule has 0 aliphatic rings. The molecule has 8 heteroatoms. The number of amides is 1. The third-order valence-corrected chi connectivity index (χ3v) is 4.97. The predicted molar refractivity (Wildman–Crippen MR) is 112 cm³/mol. The molecule has 1 aromatic carbocycles. The van der Waals surface area contributed by atoms with Gasteiger partial charge in [-0.1, -0.05) is 25.3 Å². The number of nitrogens with two attached hydrogens (primary N) is 1. The molecule has 4 N–H and O–H groups in total. The number of allylic oxidation sites excluding steroid dienone is 3. The van der Waals surface area contributed by atoms with Crippen LogP contribution in [0.2, 0.25) is 0 Å². The van der Waals surface area contributed by atoms with Crippen molar-refractivity contribution in [3.05, 3.63) is 77.9 Å². The lowest BCUT2D eigenvalue weighted by Crippen LogP contribution is -2.21. The van der Waals surface area contributed by atoms with Gasteiger partial charge in [-0.05, 0) is 36.8 Å². The van der Waals surface area contributed by atoms with Gasteiger partial charge in [0, 0.05) is 11.4 Å². The zero-order valence-electron chi connectivity index (χ0n) is 15.1. The van der Waals surface area contributed by atoms with Gasteiger partial charge in [0.05, 0.1) is 11.1 Å². The van der Waals surface area contributed by atoms with Crippen molar-refractivity contribution in [3.8, 4) is 0 Å². The van der Waals surface area contributed by atoms with E-state index in [1.807, 2.05) is 0 Å². The molecule has 0 radical (unpaired) electrons. The molecule has 2 heterocycles. The number of nitrogens with zero attached hydrogens (tertiary/aromatic N) is 2. The lowest BCUT2D eigenvalue weighted by molar-refractivity contribution is 0.0972. The Morgan fingerprint density at radius 2 is 2.14 bits per heavy atom. The van der Waals surface area contributed by atoms with Gasteiger partial charge < -0.3 is 16.4 Å². The third kappa shape index (κ3) is 3.91. The monoisotopic (exact) mass is 395 g/mol. The van der Waals surface area contributed by atoms with Crippen LogP contribution < -0.4 is 16.4 Å². The smallest absolute Gasteiger partial charge is 0.267 e. The van der Waals surface area contributed by atoms with Crippen LogP contribution in [0.25, 0.3) is 10.2 Å². The number of aryl methyl sites for hydroxylation is 1. The van der Waals surface area contributed by atoms with E-state index in [9.17, 15) is 9.18 Å². The zero-order valence-corrected chi connectivity index (χ0v) is 15.9. The number of rotatable bonds is 6. The molecule has 0 aliphatic heterocycles. The lowest BCUT2D eigenvalue weighted by Gasteiger charge is -2.08. The van der Waals surface area contributed by atoms with Gasteiger partial charge in [0.1, 0.15) is 27.7 Å². The minimum absolute atomic E-state index is 0.264. The highest BCUT2D eigenvalue weighted by atomic mass is 32.1. The molecule has 6 nitrogen and oxygen atoms in total. The molecule has 0 spiro atoms. The van der Waals surface area contributed by atoms with Crippen molar-refractivity contribution in [2.75, 3.05) is 11.1 Å². The second kappa shape index (κ2) is 8.01. The fourth-order valence-electron chi connectivity index (χ4n) is 2.51. The number of anilines is 3. The molecule has 0 saturated carbocycles. The van der Waals surface area contributed by atoms with E-state index >= 15 is 0 Å². The molecular weight excluding hydrogens is 377 g/mol. The second-order valence-electron chi connectivity index (χ2n) is 5.91. The fraction of sp³-hybridized carbons (Fsp3) is 0.0500. The summed E-state index contributed by atoms with van der Waals surface area (Å²) in [7, 11) is 0. The Labute approximate surface area is 165 Å². The summed E-state index contributed by atoms with van der Waals surface area (Å²) >= 11 is 1.15. The van der Waals surface area contributed by atoms with Gasteiger partial charge in [0.15, 0.2) is 0 Å². The van der Waals surface area contributed by atoms with Crippen molar-refractivity contribution in [2.24, 2.45) is 0 Å². The molecule has 1 amide bonds. The summed E-state index contributed by atoms with van der Waals surface area (Å²) in [5, 5.41) is 6.32. The Morgan fingerprint density at radius 1 is 1.36 bits per heavy atom. The summed E-state index contributed by atoms with van der Waals surface area (Å²) in [6.45, 7) is 8.99. The number of halogens is 1. The van der Waals surface area contributed by atoms with Gasteiger partial charge >= 0.3 is 0 Å². The maximum Gasteiger partial charge on any atom is 0.267 e. The average Bonchev–Trinajstić information content (AvgIpc) is 3.01. The molecule has 0 aliphatic carbocycles. The Bertz CT molecular complexity index is 1120. The van der Waals surface area contributed by atoms with Crippen LogP contribution in [0, 0.1) is 12.7 Å². The van der Waals surface area contributed by atoms with Gasteiger partial charge in [-0.3, -0.25) is 4.79 Å². The Balaban J connectivity index is 1.95. The molecule has 3 rings (SSSR count). The summed E-state index contributed by atoms with van der Waals surface area (Å²) in [5.74, 6) is -0.241. The number of carbonyl (C=O) groups excluding carboxylic acids is 1. The van der Waals surface area contributed by atoms with Crippen LogP contribution in [-0.4, -0.2) is 15.9 Å². The summed E-state index contributed by atoms with van der Waals surface area (Å²) in [4.78, 5) is 21.9. The molecular formula is C20H18FN5OS. The minimum Gasteiger partial charge on any atom is -0.397 e. The minimum atomic E-state index is -0.386. The van der Waals surface area contributed by atoms with E-state index in [1.165, 1.54) is 12.4 Å². The number of nitrogens with one attached hydrogen (secondary N) is 2. The van der Waals surface area contributed by atoms with Gasteiger partial charge in [0.25, 0.3) is 5.91 Å². The van der Waals surface area contributed by atoms with Crippen LogP contribution in [-0.2, 0) is 0 Å². The van der Waals surface area contributed by atoms with Gasteiger partial charge in [-0.25, -0.2) is 14.4 Å². The fourth-order valence-corrected chi connectivity index (χ4v) is 3.46. The van der Waals surface area contributed by atoms with E-state index in [2.05, 4.69) is 33.8 Å². The van der Waals surface area contributed by atoms with E-state index in [0.717, 1.165) is 11.3 Å². The van der Waals surface area contributed by atoms with Crippen LogP contribution in [0.4, 0.5) is 21.6 Å². The van der Waals surface area contributed by atoms with Crippen molar-refractivity contribution in [2.45, 2.75) is 6.92 Å². The van der Waals surface area contributed by atoms with E-state index < -0.39 is 0 Å². The third-order valence-electron chi connectivity index (χ3n) is 3.86. The Morgan fingerprint density at radius 3 is 2.86 bits per heavy atom. The summed E-state index contributed by atoms with van der Waals surface area (Å²) < 4.78 is 13.5. The first-order valence-corrected chi connectivity index (χ1v) is 9.08. The van der Waals surface area contributed by atoms with E-state index in [4.69, 9.17) is 5.73 Å². The lowest BCUT2D eigenvalue weighted by atomic mass is 10.2. The van der Waals surface area contributed by atoms with E-state index in [0.29, 0.717) is 37.9 Å². The maximum absolute atomic E-state index is 13.5. The second-order valence-corrected chi connectivity index (χ2v) is 6.91.